The van der Waals surface area contributed by atoms with E-state index in [-0.39, 0.29) is 5.56 Å². The fraction of sp³-hybridized carbons (Fsp3) is 0.0625. The molecule has 1 aromatic carbocycles. The molecule has 0 saturated carbocycles. The summed E-state index contributed by atoms with van der Waals surface area (Å²) in [5, 5.41) is 5.00. The molecule has 0 radical (unpaired) electrons. The second kappa shape index (κ2) is 5.95. The molecule has 0 saturated heterocycles. The molecule has 2 aromatic heterocycles. The smallest absolute Gasteiger partial charge is 0.263 e. The van der Waals surface area contributed by atoms with Gasteiger partial charge in [-0.2, -0.15) is 0 Å². The highest BCUT2D eigenvalue weighted by Crippen LogP contribution is 2.27. The Kier molecular flexibility index (Phi) is 3.84. The zero-order valence-electron chi connectivity index (χ0n) is 11.8. The van der Waals surface area contributed by atoms with Gasteiger partial charge in [0, 0.05) is 17.1 Å². The lowest BCUT2D eigenvalue weighted by atomic mass is 10.1. The van der Waals surface area contributed by atoms with Crippen molar-refractivity contribution in [2.24, 2.45) is 0 Å². The predicted octanol–water partition coefficient (Wildman–Crippen LogP) is 3.06. The van der Waals surface area contributed by atoms with E-state index in [0.29, 0.717) is 5.13 Å². The fourth-order valence-corrected chi connectivity index (χ4v) is 2.79. The van der Waals surface area contributed by atoms with Crippen LogP contribution >= 0.6 is 11.3 Å². The van der Waals surface area contributed by atoms with Gasteiger partial charge >= 0.3 is 0 Å². The molecular formula is C16H13N3O2S. The van der Waals surface area contributed by atoms with Crippen molar-refractivity contribution >= 4 is 22.4 Å². The summed E-state index contributed by atoms with van der Waals surface area (Å²) in [6.45, 7) is 2.01. The normalized spacial score (nSPS) is 10.4. The molecule has 5 nitrogen and oxygen atoms in total. The van der Waals surface area contributed by atoms with Crippen LogP contribution in [0.15, 0.2) is 52.8 Å². The third-order valence-corrected chi connectivity index (χ3v) is 3.97. The zero-order chi connectivity index (χ0) is 15.5. The Balaban J connectivity index is 1.84. The molecule has 0 aliphatic heterocycles. The Hall–Kier alpha value is -2.73. The van der Waals surface area contributed by atoms with Gasteiger partial charge in [0.25, 0.3) is 11.5 Å². The van der Waals surface area contributed by atoms with E-state index >= 15 is 0 Å². The maximum absolute atomic E-state index is 12.1. The molecule has 0 aliphatic carbocycles. The molecule has 0 unspecified atom stereocenters. The monoisotopic (exact) mass is 311 g/mol. The van der Waals surface area contributed by atoms with Gasteiger partial charge in [0.2, 0.25) is 0 Å². The van der Waals surface area contributed by atoms with Crippen molar-refractivity contribution in [1.29, 1.82) is 0 Å². The molecule has 0 atom stereocenters. The number of anilines is 1. The van der Waals surface area contributed by atoms with Crippen LogP contribution in [0.5, 0.6) is 0 Å². The summed E-state index contributed by atoms with van der Waals surface area (Å²) in [7, 11) is 0. The molecule has 0 spiro atoms. The van der Waals surface area contributed by atoms with E-state index in [0.717, 1.165) is 16.8 Å². The van der Waals surface area contributed by atoms with Gasteiger partial charge in [-0.05, 0) is 24.6 Å². The van der Waals surface area contributed by atoms with E-state index in [2.05, 4.69) is 15.3 Å². The first-order chi connectivity index (χ1) is 10.6. The van der Waals surface area contributed by atoms with E-state index in [1.807, 2.05) is 36.6 Å². The molecule has 0 bridgehead atoms. The number of pyridine rings is 1. The van der Waals surface area contributed by atoms with E-state index in [9.17, 15) is 9.59 Å². The molecular weight excluding hydrogens is 298 g/mol. The topological polar surface area (TPSA) is 74.8 Å². The number of nitrogens with one attached hydrogen (secondary N) is 2. The van der Waals surface area contributed by atoms with Gasteiger partial charge < -0.3 is 4.98 Å². The average Bonchev–Trinajstić information content (AvgIpc) is 2.96. The van der Waals surface area contributed by atoms with E-state index < -0.39 is 11.5 Å². The van der Waals surface area contributed by atoms with Crippen LogP contribution in [0, 0.1) is 6.92 Å². The number of aromatic amines is 1. The standard InChI is InChI=1S/C16H13N3O2S/c1-10-5-2-3-6-11(10)13-9-22-16(18-13)19-15(21)12-7-4-8-17-14(12)20/h2-9H,1H3,(H,17,20)(H,18,19,21). The number of thiazole rings is 1. The molecule has 6 heteroatoms. The summed E-state index contributed by atoms with van der Waals surface area (Å²) in [6, 6.07) is 11.0. The van der Waals surface area contributed by atoms with Crippen LogP contribution in [-0.2, 0) is 0 Å². The third kappa shape index (κ3) is 2.82. The van der Waals surface area contributed by atoms with Gasteiger partial charge in [-0.25, -0.2) is 4.98 Å². The minimum atomic E-state index is -0.465. The quantitative estimate of drug-likeness (QED) is 0.780. The summed E-state index contributed by atoms with van der Waals surface area (Å²) in [4.78, 5) is 30.6. The van der Waals surface area contributed by atoms with Gasteiger partial charge in [-0.1, -0.05) is 24.3 Å². The summed E-state index contributed by atoms with van der Waals surface area (Å²) in [5.41, 5.74) is 2.59. The van der Waals surface area contributed by atoms with Crippen LogP contribution in [0.2, 0.25) is 0 Å². The Labute approximate surface area is 130 Å². The highest BCUT2D eigenvalue weighted by Gasteiger charge is 2.13. The highest BCUT2D eigenvalue weighted by molar-refractivity contribution is 7.14. The van der Waals surface area contributed by atoms with Crippen LogP contribution in [-0.4, -0.2) is 15.9 Å². The number of rotatable bonds is 3. The second-order valence-corrected chi connectivity index (χ2v) is 5.58. The fourth-order valence-electron chi connectivity index (χ4n) is 2.08. The van der Waals surface area contributed by atoms with Crippen molar-refractivity contribution < 1.29 is 4.79 Å². The van der Waals surface area contributed by atoms with Gasteiger partial charge in [0.1, 0.15) is 5.56 Å². The Morgan fingerprint density at radius 3 is 2.82 bits per heavy atom. The Bertz CT molecular complexity index is 883. The average molecular weight is 311 g/mol. The van der Waals surface area contributed by atoms with Gasteiger partial charge in [0.05, 0.1) is 5.69 Å². The van der Waals surface area contributed by atoms with Crippen molar-refractivity contribution in [1.82, 2.24) is 9.97 Å². The number of nitrogens with zero attached hydrogens (tertiary/aromatic N) is 1. The minimum Gasteiger partial charge on any atom is -0.328 e. The number of carbonyl (C=O) groups excluding carboxylic acids is 1. The SMILES string of the molecule is Cc1ccccc1-c1csc(NC(=O)c2ccc[nH]c2=O)n1. The van der Waals surface area contributed by atoms with Crippen molar-refractivity contribution in [2.45, 2.75) is 6.92 Å². The van der Waals surface area contributed by atoms with Crippen LogP contribution in [0.1, 0.15) is 15.9 Å². The molecule has 0 aliphatic rings. The number of H-pyrrole nitrogens is 1. The number of aromatic nitrogens is 2. The Morgan fingerprint density at radius 2 is 2.05 bits per heavy atom. The van der Waals surface area contributed by atoms with Crippen molar-refractivity contribution in [3.05, 3.63) is 69.5 Å². The molecule has 22 heavy (non-hydrogen) atoms. The molecule has 2 N–H and O–H groups in total. The molecule has 110 valence electrons. The zero-order valence-corrected chi connectivity index (χ0v) is 12.6. The number of carbonyl (C=O) groups is 1. The van der Waals surface area contributed by atoms with Gasteiger partial charge in [0.15, 0.2) is 5.13 Å². The lowest BCUT2D eigenvalue weighted by Gasteiger charge is -2.02. The van der Waals surface area contributed by atoms with E-state index in [4.69, 9.17) is 0 Å². The van der Waals surface area contributed by atoms with Crippen LogP contribution in [0.4, 0.5) is 5.13 Å². The van der Waals surface area contributed by atoms with Crippen molar-refractivity contribution in [3.63, 3.8) is 0 Å². The van der Waals surface area contributed by atoms with Crippen LogP contribution in [0.25, 0.3) is 11.3 Å². The van der Waals surface area contributed by atoms with E-state index in [1.165, 1.54) is 23.6 Å². The number of hydrogen-bond acceptors (Lipinski definition) is 4. The maximum atomic E-state index is 12.1. The van der Waals surface area contributed by atoms with Crippen molar-refractivity contribution in [3.8, 4) is 11.3 Å². The first-order valence-electron chi connectivity index (χ1n) is 6.66. The molecule has 1 amide bonds. The van der Waals surface area contributed by atoms with Gasteiger partial charge in [-0.15, -0.1) is 11.3 Å². The molecule has 0 fully saturated rings. The van der Waals surface area contributed by atoms with Crippen LogP contribution in [0.3, 0.4) is 0 Å². The maximum Gasteiger partial charge on any atom is 0.263 e. The lowest BCUT2D eigenvalue weighted by Crippen LogP contribution is -2.22. The second-order valence-electron chi connectivity index (χ2n) is 4.72. The highest BCUT2D eigenvalue weighted by atomic mass is 32.1. The molecule has 2 heterocycles. The first kappa shape index (κ1) is 14.2. The van der Waals surface area contributed by atoms with E-state index in [1.54, 1.807) is 6.07 Å². The van der Waals surface area contributed by atoms with Crippen LogP contribution < -0.4 is 10.9 Å². The third-order valence-electron chi connectivity index (χ3n) is 3.21. The minimum absolute atomic E-state index is 0.0649. The van der Waals surface area contributed by atoms with Gasteiger partial charge in [-0.3, -0.25) is 14.9 Å². The lowest BCUT2D eigenvalue weighted by molar-refractivity contribution is 0.102. The summed E-state index contributed by atoms with van der Waals surface area (Å²) in [5.74, 6) is -0.465. The predicted molar refractivity (Wildman–Crippen MR) is 87.3 cm³/mol. The molecule has 3 aromatic rings. The number of benzene rings is 1. The number of aryl methyl sites for hydroxylation is 1. The van der Waals surface area contributed by atoms with Crippen molar-refractivity contribution in [2.75, 3.05) is 5.32 Å². The Morgan fingerprint density at radius 1 is 1.23 bits per heavy atom. The summed E-state index contributed by atoms with van der Waals surface area (Å²) >= 11 is 1.33. The number of amides is 1. The first-order valence-corrected chi connectivity index (χ1v) is 7.53. The molecule has 3 rings (SSSR count). The number of hydrogen-bond donors (Lipinski definition) is 2. The largest absolute Gasteiger partial charge is 0.328 e. The summed E-state index contributed by atoms with van der Waals surface area (Å²) in [6.07, 6.45) is 1.48. The summed E-state index contributed by atoms with van der Waals surface area (Å²) < 4.78 is 0.